The Morgan fingerprint density at radius 1 is 1.21 bits per heavy atom. The summed E-state index contributed by atoms with van der Waals surface area (Å²) in [5.74, 6) is 0. The molecule has 1 nitrogen and oxygen atoms in total. The van der Waals surface area contributed by atoms with Gasteiger partial charge in [0.15, 0.2) is 0 Å². The zero-order valence-electron chi connectivity index (χ0n) is 8.83. The highest BCUT2D eigenvalue weighted by Crippen LogP contribution is 2.37. The van der Waals surface area contributed by atoms with E-state index in [-0.39, 0.29) is 5.60 Å². The molecule has 1 aliphatic rings. The lowest BCUT2D eigenvalue weighted by Crippen LogP contribution is -2.32. The van der Waals surface area contributed by atoms with Crippen LogP contribution in [0.2, 0.25) is 0 Å². The van der Waals surface area contributed by atoms with Gasteiger partial charge in [-0.05, 0) is 31.2 Å². The van der Waals surface area contributed by atoms with Gasteiger partial charge in [0.25, 0.3) is 0 Å². The molecule has 1 aromatic rings. The van der Waals surface area contributed by atoms with Gasteiger partial charge in [0.2, 0.25) is 0 Å². The summed E-state index contributed by atoms with van der Waals surface area (Å²) in [6.07, 6.45) is 4.77. The molecule has 14 heavy (non-hydrogen) atoms. The largest absolute Gasteiger partial charge is 0.370 e. The van der Waals surface area contributed by atoms with E-state index in [1.54, 1.807) is 0 Å². The average Bonchev–Trinajstić information content (AvgIpc) is 2.31. The Kier molecular flexibility index (Phi) is 2.87. The van der Waals surface area contributed by atoms with Gasteiger partial charge in [-0.3, -0.25) is 0 Å². The van der Waals surface area contributed by atoms with Crippen LogP contribution in [0.3, 0.4) is 0 Å². The summed E-state index contributed by atoms with van der Waals surface area (Å²) >= 11 is 0. The molecule has 76 valence electrons. The second kappa shape index (κ2) is 4.14. The first-order valence-electron chi connectivity index (χ1n) is 5.57. The average molecular weight is 190 g/mol. The van der Waals surface area contributed by atoms with Gasteiger partial charge in [-0.25, -0.2) is 0 Å². The molecule has 0 unspecified atom stereocenters. The molecule has 0 radical (unpaired) electrons. The normalized spacial score (nSPS) is 27.5. The maximum atomic E-state index is 6.00. The van der Waals surface area contributed by atoms with Crippen molar-refractivity contribution in [3.05, 3.63) is 35.9 Å². The highest BCUT2D eigenvalue weighted by Gasteiger charge is 2.32. The standard InChI is InChI=1S/C13H18O/c1-2-13(10-6-7-11-14-13)12-8-4-3-5-9-12/h3-5,8-9H,2,6-7,10-11H2,1H3/t13-/m1/s1. The van der Waals surface area contributed by atoms with Gasteiger partial charge in [0.1, 0.15) is 0 Å². The third kappa shape index (κ3) is 1.69. The first kappa shape index (κ1) is 9.72. The first-order chi connectivity index (χ1) is 6.87. The van der Waals surface area contributed by atoms with Crippen molar-refractivity contribution in [1.82, 2.24) is 0 Å². The van der Waals surface area contributed by atoms with Crippen LogP contribution < -0.4 is 0 Å². The van der Waals surface area contributed by atoms with Gasteiger partial charge < -0.3 is 4.74 Å². The van der Waals surface area contributed by atoms with E-state index in [0.29, 0.717) is 0 Å². The molecule has 0 N–H and O–H groups in total. The Labute approximate surface area is 86.1 Å². The summed E-state index contributed by atoms with van der Waals surface area (Å²) in [7, 11) is 0. The van der Waals surface area contributed by atoms with Crippen LogP contribution in [0, 0.1) is 0 Å². The van der Waals surface area contributed by atoms with Crippen LogP contribution in [0.5, 0.6) is 0 Å². The summed E-state index contributed by atoms with van der Waals surface area (Å²) in [6, 6.07) is 10.6. The molecule has 0 aromatic heterocycles. The monoisotopic (exact) mass is 190 g/mol. The smallest absolute Gasteiger partial charge is 0.0928 e. The molecule has 1 fully saturated rings. The summed E-state index contributed by atoms with van der Waals surface area (Å²) in [5.41, 5.74) is 1.36. The fraction of sp³-hybridized carbons (Fsp3) is 0.538. The Morgan fingerprint density at radius 2 is 2.00 bits per heavy atom. The third-order valence-corrected chi connectivity index (χ3v) is 3.22. The van der Waals surface area contributed by atoms with E-state index in [2.05, 4.69) is 37.3 Å². The molecule has 0 spiro atoms. The number of rotatable bonds is 2. The zero-order valence-corrected chi connectivity index (χ0v) is 8.83. The molecule has 1 aromatic carbocycles. The van der Waals surface area contributed by atoms with E-state index in [1.807, 2.05) is 0 Å². The highest BCUT2D eigenvalue weighted by molar-refractivity contribution is 5.22. The lowest BCUT2D eigenvalue weighted by atomic mass is 9.84. The van der Waals surface area contributed by atoms with Crippen molar-refractivity contribution in [3.8, 4) is 0 Å². The van der Waals surface area contributed by atoms with Crippen LogP contribution in [-0.4, -0.2) is 6.61 Å². The van der Waals surface area contributed by atoms with Gasteiger partial charge in [0, 0.05) is 6.61 Å². The van der Waals surface area contributed by atoms with E-state index in [1.165, 1.54) is 24.8 Å². The molecule has 1 atom stereocenters. The fourth-order valence-electron chi connectivity index (χ4n) is 2.30. The van der Waals surface area contributed by atoms with Crippen LogP contribution >= 0.6 is 0 Å². The Balaban J connectivity index is 2.27. The number of hydrogen-bond acceptors (Lipinski definition) is 1. The molecular weight excluding hydrogens is 172 g/mol. The Hall–Kier alpha value is -0.820. The SMILES string of the molecule is CC[C@]1(c2ccccc2)CCCCO1. The maximum absolute atomic E-state index is 6.00. The van der Waals surface area contributed by atoms with E-state index in [4.69, 9.17) is 4.74 Å². The van der Waals surface area contributed by atoms with Gasteiger partial charge in [0.05, 0.1) is 5.60 Å². The molecular formula is C13H18O. The predicted octanol–water partition coefficient (Wildman–Crippen LogP) is 3.49. The second-order valence-corrected chi connectivity index (χ2v) is 4.02. The van der Waals surface area contributed by atoms with Gasteiger partial charge >= 0.3 is 0 Å². The zero-order chi connectivity index (χ0) is 9.86. The fourth-order valence-corrected chi connectivity index (χ4v) is 2.30. The molecule has 0 bridgehead atoms. The molecule has 1 saturated heterocycles. The van der Waals surface area contributed by atoms with Crippen molar-refractivity contribution in [2.75, 3.05) is 6.61 Å². The van der Waals surface area contributed by atoms with Crippen LogP contribution in [0.1, 0.15) is 38.2 Å². The maximum Gasteiger partial charge on any atom is 0.0928 e. The highest BCUT2D eigenvalue weighted by atomic mass is 16.5. The lowest BCUT2D eigenvalue weighted by molar-refractivity contribution is -0.0864. The van der Waals surface area contributed by atoms with E-state index < -0.39 is 0 Å². The van der Waals surface area contributed by atoms with Crippen molar-refractivity contribution < 1.29 is 4.74 Å². The minimum Gasteiger partial charge on any atom is -0.370 e. The Bertz CT molecular complexity index is 273. The summed E-state index contributed by atoms with van der Waals surface area (Å²) in [6.45, 7) is 3.14. The van der Waals surface area contributed by atoms with Crippen molar-refractivity contribution >= 4 is 0 Å². The minimum atomic E-state index is 0.0134. The van der Waals surface area contributed by atoms with Gasteiger partial charge in [-0.2, -0.15) is 0 Å². The number of ether oxygens (including phenoxy) is 1. The van der Waals surface area contributed by atoms with Gasteiger partial charge in [-0.15, -0.1) is 0 Å². The molecule has 0 aliphatic carbocycles. The van der Waals surface area contributed by atoms with Crippen molar-refractivity contribution in [2.24, 2.45) is 0 Å². The Morgan fingerprint density at radius 3 is 2.57 bits per heavy atom. The summed E-state index contributed by atoms with van der Waals surface area (Å²) in [5, 5.41) is 0. The second-order valence-electron chi connectivity index (χ2n) is 4.02. The summed E-state index contributed by atoms with van der Waals surface area (Å²) < 4.78 is 6.00. The summed E-state index contributed by atoms with van der Waals surface area (Å²) in [4.78, 5) is 0. The van der Waals surface area contributed by atoms with E-state index >= 15 is 0 Å². The number of hydrogen-bond donors (Lipinski definition) is 0. The predicted molar refractivity (Wildman–Crippen MR) is 58.2 cm³/mol. The quantitative estimate of drug-likeness (QED) is 0.693. The van der Waals surface area contributed by atoms with Gasteiger partial charge in [-0.1, -0.05) is 37.3 Å². The minimum absolute atomic E-state index is 0.0134. The lowest BCUT2D eigenvalue weighted by Gasteiger charge is -2.37. The molecule has 2 rings (SSSR count). The first-order valence-corrected chi connectivity index (χ1v) is 5.57. The van der Waals surface area contributed by atoms with Crippen LogP contribution in [0.25, 0.3) is 0 Å². The number of benzene rings is 1. The molecule has 1 heteroatoms. The van der Waals surface area contributed by atoms with Crippen LogP contribution in [0.15, 0.2) is 30.3 Å². The molecule has 0 saturated carbocycles. The van der Waals surface area contributed by atoms with Crippen LogP contribution in [-0.2, 0) is 10.3 Å². The van der Waals surface area contributed by atoms with Crippen LogP contribution in [0.4, 0.5) is 0 Å². The van der Waals surface area contributed by atoms with Crippen molar-refractivity contribution in [3.63, 3.8) is 0 Å². The van der Waals surface area contributed by atoms with E-state index in [9.17, 15) is 0 Å². The molecule has 1 heterocycles. The van der Waals surface area contributed by atoms with Crippen molar-refractivity contribution in [2.45, 2.75) is 38.2 Å². The van der Waals surface area contributed by atoms with E-state index in [0.717, 1.165) is 13.0 Å². The molecule has 0 amide bonds. The third-order valence-electron chi connectivity index (χ3n) is 3.22. The molecule has 1 aliphatic heterocycles. The topological polar surface area (TPSA) is 9.23 Å². The van der Waals surface area contributed by atoms with Crippen molar-refractivity contribution in [1.29, 1.82) is 0 Å².